The number of piperidine rings is 1. The van der Waals surface area contributed by atoms with Gasteiger partial charge in [0.25, 0.3) is 5.91 Å². The molecule has 3 aromatic rings. The number of methoxy groups -OCH3 is 1. The first-order valence-electron chi connectivity index (χ1n) is 12.1. The number of rotatable bonds is 5. The number of amides is 3. The van der Waals surface area contributed by atoms with Gasteiger partial charge in [0.2, 0.25) is 11.8 Å². The topological polar surface area (TPSA) is 125 Å². The van der Waals surface area contributed by atoms with Crippen LogP contribution in [0.2, 0.25) is 0 Å². The van der Waals surface area contributed by atoms with Crippen LogP contribution in [0, 0.1) is 0 Å². The van der Waals surface area contributed by atoms with E-state index in [2.05, 4.69) is 10.2 Å². The summed E-state index contributed by atoms with van der Waals surface area (Å²) in [6.07, 6.45) is -2.71. The van der Waals surface area contributed by atoms with E-state index in [-0.39, 0.29) is 43.1 Å². The highest BCUT2D eigenvalue weighted by molar-refractivity contribution is 6.13. The minimum atomic E-state index is -4.61. The number of hydrogen-bond donors (Lipinski definition) is 2. The first-order valence-corrected chi connectivity index (χ1v) is 12.1. The van der Waals surface area contributed by atoms with Crippen molar-refractivity contribution < 1.29 is 37.1 Å². The average Bonchev–Trinajstić information content (AvgIpc) is 3.48. The highest BCUT2D eigenvalue weighted by Gasteiger charge is 2.54. The van der Waals surface area contributed by atoms with Crippen molar-refractivity contribution in [3.8, 4) is 0 Å². The molecule has 1 spiro atoms. The minimum Gasteiger partial charge on any atom is -0.465 e. The Morgan fingerprint density at radius 2 is 1.90 bits per heavy atom. The van der Waals surface area contributed by atoms with Gasteiger partial charge in [0.1, 0.15) is 13.1 Å². The van der Waals surface area contributed by atoms with Crippen LogP contribution in [0.1, 0.15) is 39.1 Å². The molecule has 2 aliphatic rings. The molecule has 0 aliphatic carbocycles. The largest absolute Gasteiger partial charge is 0.465 e. The number of hydrogen-bond acceptors (Lipinski definition) is 6. The van der Waals surface area contributed by atoms with Gasteiger partial charge in [-0.05, 0) is 43.2 Å². The molecule has 0 unspecified atom stereocenters. The number of fused-ring (bicyclic) bond motifs is 3. The lowest BCUT2D eigenvalue weighted by atomic mass is 9.72. The lowest BCUT2D eigenvalue weighted by molar-refractivity contribution is -0.138. The molecule has 2 aromatic carbocycles. The number of carbonyl (C=O) groups excluding carboxylic acids is 4. The highest BCUT2D eigenvalue weighted by Crippen LogP contribution is 2.49. The molecule has 3 heterocycles. The van der Waals surface area contributed by atoms with Gasteiger partial charge in [-0.3, -0.25) is 19.5 Å². The zero-order valence-corrected chi connectivity index (χ0v) is 20.8. The van der Waals surface area contributed by atoms with E-state index in [0.717, 1.165) is 15.8 Å². The predicted octanol–water partition coefficient (Wildman–Crippen LogP) is 2.55. The van der Waals surface area contributed by atoms with Crippen LogP contribution < -0.4 is 10.2 Å². The van der Waals surface area contributed by atoms with E-state index in [1.165, 1.54) is 19.2 Å². The van der Waals surface area contributed by atoms with Crippen LogP contribution in [-0.4, -0.2) is 78.3 Å². The van der Waals surface area contributed by atoms with Crippen LogP contribution in [0.4, 0.5) is 18.9 Å². The number of likely N-dealkylation sites (tertiary alicyclic amines) is 1. The summed E-state index contributed by atoms with van der Waals surface area (Å²) >= 11 is 0. The number of halogens is 3. The molecular weight excluding hydrogens is 519 g/mol. The third kappa shape index (κ3) is 4.68. The summed E-state index contributed by atoms with van der Waals surface area (Å²) in [4.78, 5) is 54.9. The number of carbonyl (C=O) groups is 4. The van der Waals surface area contributed by atoms with Gasteiger partial charge in [0, 0.05) is 35.3 Å². The van der Waals surface area contributed by atoms with Crippen molar-refractivity contribution in [3.63, 3.8) is 0 Å². The van der Waals surface area contributed by atoms with E-state index in [1.54, 1.807) is 40.7 Å². The van der Waals surface area contributed by atoms with E-state index in [1.807, 2.05) is 0 Å². The molecule has 2 N–H and O–H groups in total. The lowest BCUT2D eigenvalue weighted by Crippen LogP contribution is -2.52. The quantitative estimate of drug-likeness (QED) is 0.477. The maximum Gasteiger partial charge on any atom is 0.405 e. The number of aromatic amines is 1. The van der Waals surface area contributed by atoms with Gasteiger partial charge >= 0.3 is 12.1 Å². The zero-order valence-electron chi connectivity index (χ0n) is 20.8. The molecule has 1 aromatic heterocycles. The Kier molecular flexibility index (Phi) is 6.52. The molecule has 204 valence electrons. The molecule has 3 amide bonds. The molecule has 1 fully saturated rings. The number of aromatic nitrogens is 2. The summed E-state index contributed by atoms with van der Waals surface area (Å²) in [7, 11) is 1.20. The SMILES string of the molecule is COC(=O)c1cccc2c1C1(CCN(C(=O)c3ccc4[nH]ncc4c3)CC1)C(=O)N2CC(=O)NCC(F)(F)F. The normalized spacial score (nSPS) is 16.5. The fourth-order valence-corrected chi connectivity index (χ4v) is 5.39. The molecule has 39 heavy (non-hydrogen) atoms. The van der Waals surface area contributed by atoms with E-state index < -0.39 is 42.5 Å². The maximum atomic E-state index is 13.9. The van der Waals surface area contributed by atoms with Gasteiger partial charge in [0.05, 0.1) is 29.8 Å². The second-order valence-electron chi connectivity index (χ2n) is 9.52. The van der Waals surface area contributed by atoms with Crippen LogP contribution in [0.15, 0.2) is 42.6 Å². The molecule has 0 saturated carbocycles. The molecule has 0 atom stereocenters. The van der Waals surface area contributed by atoms with Gasteiger partial charge in [-0.25, -0.2) is 4.79 Å². The van der Waals surface area contributed by atoms with Gasteiger partial charge in [-0.2, -0.15) is 18.3 Å². The van der Waals surface area contributed by atoms with Gasteiger partial charge < -0.3 is 19.9 Å². The fourth-order valence-electron chi connectivity index (χ4n) is 5.39. The van der Waals surface area contributed by atoms with Crippen molar-refractivity contribution in [1.82, 2.24) is 20.4 Å². The van der Waals surface area contributed by atoms with E-state index >= 15 is 0 Å². The molecule has 1 saturated heterocycles. The van der Waals surface area contributed by atoms with Crippen LogP contribution >= 0.6 is 0 Å². The number of ether oxygens (including phenoxy) is 1. The number of H-pyrrole nitrogens is 1. The first-order chi connectivity index (χ1) is 18.5. The Morgan fingerprint density at radius 3 is 2.59 bits per heavy atom. The average molecular weight is 544 g/mol. The fraction of sp³-hybridized carbons (Fsp3) is 0.346. The molecule has 0 radical (unpaired) electrons. The van der Waals surface area contributed by atoms with Crippen molar-refractivity contribution in [2.75, 3.05) is 38.2 Å². The summed E-state index contributed by atoms with van der Waals surface area (Å²) < 4.78 is 42.8. The Morgan fingerprint density at radius 1 is 1.15 bits per heavy atom. The van der Waals surface area contributed by atoms with Gasteiger partial charge in [-0.15, -0.1) is 0 Å². The summed E-state index contributed by atoms with van der Waals surface area (Å²) in [5.74, 6) is -2.42. The maximum absolute atomic E-state index is 13.9. The second-order valence-corrected chi connectivity index (χ2v) is 9.52. The highest BCUT2D eigenvalue weighted by atomic mass is 19.4. The van der Waals surface area contributed by atoms with Crippen LogP contribution in [0.3, 0.4) is 0 Å². The summed E-state index contributed by atoms with van der Waals surface area (Å²) in [5.41, 5.74) is 0.734. The number of benzene rings is 2. The van der Waals surface area contributed by atoms with Gasteiger partial charge in [0.15, 0.2) is 0 Å². The monoisotopic (exact) mass is 543 g/mol. The van der Waals surface area contributed by atoms with E-state index in [9.17, 15) is 32.3 Å². The van der Waals surface area contributed by atoms with Gasteiger partial charge in [-0.1, -0.05) is 6.07 Å². The minimum absolute atomic E-state index is 0.131. The van der Waals surface area contributed by atoms with E-state index in [0.29, 0.717) is 11.1 Å². The van der Waals surface area contributed by atoms with Crippen molar-refractivity contribution in [1.29, 1.82) is 0 Å². The Hall–Kier alpha value is -4.42. The van der Waals surface area contributed by atoms with E-state index in [4.69, 9.17) is 4.74 Å². The summed E-state index contributed by atoms with van der Waals surface area (Å²) in [5, 5.41) is 9.34. The van der Waals surface area contributed by atoms with Crippen molar-refractivity contribution in [2.24, 2.45) is 0 Å². The van der Waals surface area contributed by atoms with Crippen molar-refractivity contribution in [3.05, 3.63) is 59.3 Å². The molecule has 0 bridgehead atoms. The molecule has 13 heteroatoms. The van der Waals surface area contributed by atoms with Crippen LogP contribution in [0.25, 0.3) is 10.9 Å². The van der Waals surface area contributed by atoms with Crippen LogP contribution in [-0.2, 0) is 19.7 Å². The lowest BCUT2D eigenvalue weighted by Gasteiger charge is -2.39. The van der Waals surface area contributed by atoms with Crippen molar-refractivity contribution in [2.45, 2.75) is 24.4 Å². The third-order valence-corrected chi connectivity index (χ3v) is 7.25. The Balaban J connectivity index is 1.43. The van der Waals surface area contributed by atoms with Crippen LogP contribution in [0.5, 0.6) is 0 Å². The number of esters is 1. The van der Waals surface area contributed by atoms with Crippen molar-refractivity contribution >= 4 is 40.3 Å². The number of nitrogens with zero attached hydrogens (tertiary/aromatic N) is 3. The molecular formula is C26H24F3N5O5. The number of alkyl halides is 3. The summed E-state index contributed by atoms with van der Waals surface area (Å²) in [6.45, 7) is -1.83. The smallest absolute Gasteiger partial charge is 0.405 e. The third-order valence-electron chi connectivity index (χ3n) is 7.25. The standard InChI is InChI=1S/C26H24F3N5O5/c1-39-23(37)17-3-2-4-19-21(17)25(24(38)34(19)13-20(35)30-14-26(27,28)29)7-9-33(10-8-25)22(36)15-5-6-18-16(11-15)12-31-32-18/h2-6,11-12H,7-10,13-14H2,1H3,(H,30,35)(H,31,32). The molecule has 10 nitrogen and oxygen atoms in total. The Bertz CT molecular complexity index is 1480. The zero-order chi connectivity index (χ0) is 27.9. The first kappa shape index (κ1) is 26.2. The predicted molar refractivity (Wildman–Crippen MR) is 132 cm³/mol. The summed E-state index contributed by atoms with van der Waals surface area (Å²) in [6, 6.07) is 9.72. The molecule has 2 aliphatic heterocycles. The second kappa shape index (κ2) is 9.71. The number of anilines is 1. The molecule has 5 rings (SSSR count). The Labute approximate surface area is 220 Å². The number of nitrogens with one attached hydrogen (secondary N) is 2.